The van der Waals surface area contributed by atoms with Gasteiger partial charge in [-0.25, -0.2) is 9.97 Å². The zero-order valence-electron chi connectivity index (χ0n) is 11.1. The molecule has 0 aliphatic heterocycles. The summed E-state index contributed by atoms with van der Waals surface area (Å²) in [5.74, 6) is 0.685. The zero-order valence-corrected chi connectivity index (χ0v) is 11.7. The standard InChI is InChI=1S/C11H10BN4OS2/c1-7-8(6-17-19-12)2-3-14-10(7)16-11-15-5-9(4-13)18-11/h2-3,5,12H,6H2,1H3,(H,14,15,16)/i12T. The molecule has 0 aliphatic rings. The molecule has 0 bridgehead atoms. The van der Waals surface area contributed by atoms with Gasteiger partial charge in [0.05, 0.1) is 12.8 Å². The van der Waals surface area contributed by atoms with Gasteiger partial charge in [0.25, 0.3) is 0 Å². The third kappa shape index (κ3) is 3.47. The fourth-order valence-electron chi connectivity index (χ4n) is 1.44. The molecule has 0 atom stereocenters. The number of hydrogen-bond acceptors (Lipinski definition) is 7. The molecule has 5 nitrogen and oxygen atoms in total. The highest BCUT2D eigenvalue weighted by molar-refractivity contribution is 8.15. The fourth-order valence-corrected chi connectivity index (χ4v) is 2.25. The Morgan fingerprint density at radius 3 is 3.32 bits per heavy atom. The van der Waals surface area contributed by atoms with Gasteiger partial charge < -0.3 is 9.50 Å². The van der Waals surface area contributed by atoms with Crippen LogP contribution in [0, 0.1) is 18.3 Å². The Kier molecular flexibility index (Phi) is 4.31. The number of pyridine rings is 1. The first kappa shape index (κ1) is 12.5. The minimum atomic E-state index is 0.393. The van der Waals surface area contributed by atoms with Crippen molar-refractivity contribution in [1.82, 2.24) is 9.97 Å². The molecule has 2 heterocycles. The lowest BCUT2D eigenvalue weighted by atomic mass is 10.1. The van der Waals surface area contributed by atoms with Crippen LogP contribution in [0.2, 0.25) is 0 Å². The molecule has 19 heavy (non-hydrogen) atoms. The van der Waals surface area contributed by atoms with E-state index < -0.39 is 0 Å². The van der Waals surface area contributed by atoms with Gasteiger partial charge in [-0.3, -0.25) is 0 Å². The van der Waals surface area contributed by atoms with Gasteiger partial charge in [0.1, 0.15) is 16.8 Å². The molecule has 0 spiro atoms. The van der Waals surface area contributed by atoms with E-state index in [1.165, 1.54) is 17.5 Å². The Morgan fingerprint density at radius 1 is 1.68 bits per heavy atom. The van der Waals surface area contributed by atoms with E-state index in [0.717, 1.165) is 30.1 Å². The van der Waals surface area contributed by atoms with E-state index in [1.54, 1.807) is 6.20 Å². The topological polar surface area (TPSA) is 70.8 Å². The van der Waals surface area contributed by atoms with Gasteiger partial charge in [0.2, 0.25) is 7.09 Å². The van der Waals surface area contributed by atoms with E-state index in [9.17, 15) is 0 Å². The summed E-state index contributed by atoms with van der Waals surface area (Å²) in [6, 6.07) is 3.91. The number of aromatic nitrogens is 2. The summed E-state index contributed by atoms with van der Waals surface area (Å²) >= 11 is 2.26. The number of rotatable bonds is 6. The number of nitriles is 1. The summed E-state index contributed by atoms with van der Waals surface area (Å²) in [6.07, 6.45) is 3.21. The van der Waals surface area contributed by atoms with Gasteiger partial charge in [-0.2, -0.15) is 5.26 Å². The normalized spacial score (nSPS) is 10.6. The third-order valence-corrected chi connectivity index (χ3v) is 3.51. The summed E-state index contributed by atoms with van der Waals surface area (Å²) in [7, 11) is 1.13. The molecular weight excluding hydrogens is 279 g/mol. The summed E-state index contributed by atoms with van der Waals surface area (Å²) in [6.45, 7) is 2.33. The predicted octanol–water partition coefficient (Wildman–Crippen LogP) is 2.44. The van der Waals surface area contributed by atoms with Crippen molar-refractivity contribution < 1.29 is 4.18 Å². The fraction of sp³-hybridized carbons (Fsp3) is 0.182. The van der Waals surface area contributed by atoms with Gasteiger partial charge >= 0.3 is 0 Å². The van der Waals surface area contributed by atoms with Gasteiger partial charge in [-0.1, -0.05) is 23.2 Å². The van der Waals surface area contributed by atoms with Crippen molar-refractivity contribution in [2.75, 3.05) is 5.32 Å². The van der Waals surface area contributed by atoms with Crippen LogP contribution in [0.25, 0.3) is 0 Å². The largest absolute Gasteiger partial charge is 0.323 e. The molecule has 2 aromatic rings. The van der Waals surface area contributed by atoms with E-state index in [-0.39, 0.29) is 0 Å². The van der Waals surface area contributed by atoms with Crippen molar-refractivity contribution in [3.05, 3.63) is 34.5 Å². The van der Waals surface area contributed by atoms with Crippen molar-refractivity contribution in [1.29, 1.82) is 6.60 Å². The molecule has 0 unspecified atom stereocenters. The minimum absolute atomic E-state index is 0.393. The second-order valence-electron chi connectivity index (χ2n) is 3.57. The SMILES string of the molecule is [3H][B]SOCc1ccnc(Nc2ncc(C#N)s2)c1C. The van der Waals surface area contributed by atoms with Crippen LogP contribution in [0.4, 0.5) is 10.9 Å². The highest BCUT2D eigenvalue weighted by Crippen LogP contribution is 2.24. The lowest BCUT2D eigenvalue weighted by Crippen LogP contribution is -2.00. The van der Waals surface area contributed by atoms with E-state index in [2.05, 4.69) is 15.3 Å². The second-order valence-corrected chi connectivity index (χ2v) is 5.03. The van der Waals surface area contributed by atoms with Gasteiger partial charge in [-0.05, 0) is 25.5 Å². The average Bonchev–Trinajstić information content (AvgIpc) is 2.91. The second kappa shape index (κ2) is 6.56. The summed E-state index contributed by atoms with van der Waals surface area (Å²) in [5.41, 5.74) is 1.93. The predicted molar refractivity (Wildman–Crippen MR) is 78.6 cm³/mol. The van der Waals surface area contributed by atoms with Crippen molar-refractivity contribution >= 4 is 41.3 Å². The number of anilines is 2. The minimum Gasteiger partial charge on any atom is -0.323 e. The van der Waals surface area contributed by atoms with Crippen LogP contribution in [0.15, 0.2) is 18.5 Å². The van der Waals surface area contributed by atoms with E-state index in [1.807, 2.05) is 19.1 Å². The Labute approximate surface area is 121 Å². The molecule has 2 rings (SSSR count). The Bertz CT molecular complexity index is 631. The van der Waals surface area contributed by atoms with Crippen LogP contribution < -0.4 is 5.32 Å². The van der Waals surface area contributed by atoms with Crippen molar-refractivity contribution in [2.45, 2.75) is 13.5 Å². The van der Waals surface area contributed by atoms with Crippen LogP contribution in [-0.4, -0.2) is 18.4 Å². The zero-order chi connectivity index (χ0) is 14.4. The molecule has 0 saturated carbocycles. The van der Waals surface area contributed by atoms with Crippen molar-refractivity contribution in [3.8, 4) is 6.07 Å². The Hall–Kier alpha value is -1.56. The molecule has 8 heteroatoms. The number of nitrogens with one attached hydrogen (secondary N) is 1. The third-order valence-electron chi connectivity index (χ3n) is 2.44. The van der Waals surface area contributed by atoms with E-state index >= 15 is 0 Å². The molecule has 2 aromatic heterocycles. The van der Waals surface area contributed by atoms with Crippen LogP contribution in [0.1, 0.15) is 16.0 Å². The molecule has 0 aromatic carbocycles. The molecule has 0 saturated heterocycles. The van der Waals surface area contributed by atoms with Crippen LogP contribution in [0.5, 0.6) is 0 Å². The number of nitrogens with zero attached hydrogens (tertiary/aromatic N) is 3. The highest BCUT2D eigenvalue weighted by Gasteiger charge is 2.08. The molecule has 1 N–H and O–H groups in total. The maximum atomic E-state index is 8.78. The average molecular weight is 291 g/mol. The first-order valence-electron chi connectivity index (χ1n) is 5.88. The quantitative estimate of drug-likeness (QED) is 0.501. The number of thiazole rings is 1. The van der Waals surface area contributed by atoms with Crippen LogP contribution in [-0.2, 0) is 10.8 Å². The molecule has 0 aliphatic carbocycles. The van der Waals surface area contributed by atoms with E-state index in [4.69, 9.17) is 10.8 Å². The van der Waals surface area contributed by atoms with Crippen molar-refractivity contribution in [3.63, 3.8) is 0 Å². The van der Waals surface area contributed by atoms with E-state index in [0.29, 0.717) is 22.4 Å². The maximum absolute atomic E-state index is 8.78. The first-order valence-corrected chi connectivity index (χ1v) is 6.92. The Morgan fingerprint density at radius 2 is 2.58 bits per heavy atom. The van der Waals surface area contributed by atoms with Crippen LogP contribution >= 0.6 is 23.2 Å². The number of hydrogen-bond donors (Lipinski definition) is 1. The maximum Gasteiger partial charge on any atom is 0.209 e. The summed E-state index contributed by atoms with van der Waals surface area (Å²) < 4.78 is 12.1. The molecule has 1 radical (unpaired) electrons. The summed E-state index contributed by atoms with van der Waals surface area (Å²) in [5, 5.41) is 12.5. The monoisotopic (exact) mass is 291 g/mol. The van der Waals surface area contributed by atoms with Crippen molar-refractivity contribution in [2.24, 2.45) is 0 Å². The smallest absolute Gasteiger partial charge is 0.209 e. The van der Waals surface area contributed by atoms with Gasteiger partial charge in [-0.15, -0.1) is 0 Å². The molecule has 0 fully saturated rings. The molecule has 0 amide bonds. The molecular formula is C11H10BN4OS2. The van der Waals surface area contributed by atoms with Crippen LogP contribution in [0.3, 0.4) is 0 Å². The highest BCUT2D eigenvalue weighted by atomic mass is 32.2. The molecule has 95 valence electrons. The Balaban J connectivity index is 2.11. The first-order chi connectivity index (χ1) is 9.74. The van der Waals surface area contributed by atoms with Gasteiger partial charge in [0, 0.05) is 6.20 Å². The lowest BCUT2D eigenvalue weighted by molar-refractivity contribution is 0.368. The van der Waals surface area contributed by atoms with Gasteiger partial charge in [0.15, 0.2) is 5.13 Å². The summed E-state index contributed by atoms with van der Waals surface area (Å²) in [4.78, 5) is 8.92. The lowest BCUT2D eigenvalue weighted by Gasteiger charge is -2.10.